The number of nitrogens with one attached hydrogen (secondary N) is 1. The lowest BCUT2D eigenvalue weighted by Gasteiger charge is -2.18. The van der Waals surface area contributed by atoms with Crippen LogP contribution in [0.4, 0.5) is 0 Å². The van der Waals surface area contributed by atoms with Crippen LogP contribution in [0.15, 0.2) is 48.1 Å². The summed E-state index contributed by atoms with van der Waals surface area (Å²) in [5, 5.41) is 12.1. The summed E-state index contributed by atoms with van der Waals surface area (Å²) in [5.41, 5.74) is 1.03. The molecule has 5 nitrogen and oxygen atoms in total. The number of benzene rings is 1. The van der Waals surface area contributed by atoms with Gasteiger partial charge < -0.3 is 5.32 Å². The molecule has 24 heavy (non-hydrogen) atoms. The summed E-state index contributed by atoms with van der Waals surface area (Å²) in [7, 11) is 0. The molecular formula is C18H24N4OS. The molecule has 2 aromatic rings. The van der Waals surface area contributed by atoms with Crippen molar-refractivity contribution in [3.05, 3.63) is 43.0 Å². The highest BCUT2D eigenvalue weighted by Crippen LogP contribution is 2.30. The number of carbonyl (C=O) groups is 1. The zero-order valence-corrected chi connectivity index (χ0v) is 15.2. The molecule has 0 spiro atoms. The molecule has 1 N–H and O–H groups in total. The summed E-state index contributed by atoms with van der Waals surface area (Å²) in [6, 6.07) is 10.3. The van der Waals surface area contributed by atoms with E-state index in [2.05, 4.69) is 40.5 Å². The van der Waals surface area contributed by atoms with Gasteiger partial charge in [-0.05, 0) is 20.3 Å². The Labute approximate surface area is 147 Å². The maximum atomic E-state index is 12.1. The van der Waals surface area contributed by atoms with Crippen LogP contribution >= 0.6 is 11.8 Å². The Morgan fingerprint density at radius 3 is 2.67 bits per heavy atom. The Morgan fingerprint density at radius 1 is 1.33 bits per heavy atom. The van der Waals surface area contributed by atoms with Crippen LogP contribution < -0.4 is 5.32 Å². The van der Waals surface area contributed by atoms with E-state index in [1.807, 2.05) is 37.3 Å². The summed E-state index contributed by atoms with van der Waals surface area (Å²) in [6.45, 7) is 10.2. The maximum Gasteiger partial charge on any atom is 0.233 e. The van der Waals surface area contributed by atoms with E-state index in [1.165, 1.54) is 11.8 Å². The zero-order chi connectivity index (χ0) is 17.5. The van der Waals surface area contributed by atoms with Gasteiger partial charge in [-0.25, -0.2) is 0 Å². The number of thioether (sulfide) groups is 1. The van der Waals surface area contributed by atoms with Crippen LogP contribution in [0, 0.1) is 0 Å². The Kier molecular flexibility index (Phi) is 6.61. The van der Waals surface area contributed by atoms with Gasteiger partial charge in [0, 0.05) is 18.2 Å². The van der Waals surface area contributed by atoms with E-state index in [0.717, 1.165) is 23.0 Å². The minimum Gasteiger partial charge on any atom is -0.352 e. The number of hydrogen-bond donors (Lipinski definition) is 1. The summed E-state index contributed by atoms with van der Waals surface area (Å²) < 4.78 is 2.12. The van der Waals surface area contributed by atoms with Gasteiger partial charge >= 0.3 is 0 Å². The van der Waals surface area contributed by atoms with Gasteiger partial charge in [0.2, 0.25) is 5.91 Å². The lowest BCUT2D eigenvalue weighted by molar-refractivity contribution is -0.120. The fraction of sp³-hybridized carbons (Fsp3) is 0.389. The van der Waals surface area contributed by atoms with Crippen LogP contribution in [-0.4, -0.2) is 32.5 Å². The Bertz CT molecular complexity index is 684. The smallest absolute Gasteiger partial charge is 0.233 e. The SMILES string of the molecule is C=CCNC(=O)[C@@H](C)Sc1nnc(-c2ccccc2)n1[C@@H](C)CC. The minimum atomic E-state index is -0.249. The lowest BCUT2D eigenvalue weighted by Crippen LogP contribution is -2.31. The normalized spacial score (nSPS) is 13.3. The second-order valence-corrected chi connectivity index (χ2v) is 6.90. The molecule has 1 aromatic heterocycles. The number of amides is 1. The molecule has 0 radical (unpaired) electrons. The highest BCUT2D eigenvalue weighted by molar-refractivity contribution is 8.00. The molecule has 0 saturated carbocycles. The van der Waals surface area contributed by atoms with Gasteiger partial charge in [0.05, 0.1) is 5.25 Å². The predicted octanol–water partition coefficient (Wildman–Crippen LogP) is 3.70. The number of aromatic nitrogens is 3. The summed E-state index contributed by atoms with van der Waals surface area (Å²) in [5.74, 6) is 0.811. The monoisotopic (exact) mass is 344 g/mol. The van der Waals surface area contributed by atoms with Crippen LogP contribution in [0.2, 0.25) is 0 Å². The lowest BCUT2D eigenvalue weighted by atomic mass is 10.2. The molecule has 2 rings (SSSR count). The van der Waals surface area contributed by atoms with Crippen molar-refractivity contribution in [3.63, 3.8) is 0 Å². The molecule has 0 bridgehead atoms. The fourth-order valence-corrected chi connectivity index (χ4v) is 3.22. The van der Waals surface area contributed by atoms with E-state index >= 15 is 0 Å². The number of carbonyl (C=O) groups excluding carboxylic acids is 1. The van der Waals surface area contributed by atoms with Crippen LogP contribution in [0.1, 0.15) is 33.2 Å². The third-order valence-electron chi connectivity index (χ3n) is 3.80. The predicted molar refractivity (Wildman–Crippen MR) is 99.0 cm³/mol. The van der Waals surface area contributed by atoms with Crippen molar-refractivity contribution >= 4 is 17.7 Å². The Balaban J connectivity index is 2.29. The zero-order valence-electron chi connectivity index (χ0n) is 14.4. The molecule has 0 fully saturated rings. The fourth-order valence-electron chi connectivity index (χ4n) is 2.25. The van der Waals surface area contributed by atoms with Crippen molar-refractivity contribution in [1.29, 1.82) is 0 Å². The molecule has 6 heteroatoms. The van der Waals surface area contributed by atoms with Crippen LogP contribution in [0.5, 0.6) is 0 Å². The van der Waals surface area contributed by atoms with E-state index in [-0.39, 0.29) is 17.2 Å². The molecule has 1 heterocycles. The van der Waals surface area contributed by atoms with Gasteiger partial charge in [-0.2, -0.15) is 0 Å². The number of nitrogens with zero attached hydrogens (tertiary/aromatic N) is 3. The van der Waals surface area contributed by atoms with E-state index in [0.29, 0.717) is 6.54 Å². The largest absolute Gasteiger partial charge is 0.352 e. The van der Waals surface area contributed by atoms with Gasteiger partial charge in [-0.15, -0.1) is 16.8 Å². The van der Waals surface area contributed by atoms with E-state index in [1.54, 1.807) is 6.08 Å². The van der Waals surface area contributed by atoms with Crippen LogP contribution in [0.25, 0.3) is 11.4 Å². The topological polar surface area (TPSA) is 59.8 Å². The first-order chi connectivity index (χ1) is 11.6. The van der Waals surface area contributed by atoms with E-state index in [9.17, 15) is 4.79 Å². The first-order valence-electron chi connectivity index (χ1n) is 8.14. The van der Waals surface area contributed by atoms with Crippen molar-refractivity contribution in [1.82, 2.24) is 20.1 Å². The van der Waals surface area contributed by atoms with Gasteiger partial charge in [-0.1, -0.05) is 55.1 Å². The van der Waals surface area contributed by atoms with Crippen LogP contribution in [0.3, 0.4) is 0 Å². The van der Waals surface area contributed by atoms with Crippen molar-refractivity contribution in [2.45, 2.75) is 43.6 Å². The second kappa shape index (κ2) is 8.68. The van der Waals surface area contributed by atoms with Gasteiger partial charge in [0.1, 0.15) is 0 Å². The van der Waals surface area contributed by atoms with Crippen molar-refractivity contribution < 1.29 is 4.79 Å². The third kappa shape index (κ3) is 4.26. The number of hydrogen-bond acceptors (Lipinski definition) is 4. The van der Waals surface area contributed by atoms with Gasteiger partial charge in [0.15, 0.2) is 11.0 Å². The first kappa shape index (κ1) is 18.3. The summed E-state index contributed by atoms with van der Waals surface area (Å²) in [4.78, 5) is 12.1. The van der Waals surface area contributed by atoms with E-state index in [4.69, 9.17) is 0 Å². The van der Waals surface area contributed by atoms with Crippen LogP contribution in [-0.2, 0) is 4.79 Å². The van der Waals surface area contributed by atoms with Gasteiger partial charge in [0.25, 0.3) is 0 Å². The molecule has 1 aromatic carbocycles. The molecule has 0 unspecified atom stereocenters. The molecule has 1 amide bonds. The molecule has 0 aliphatic heterocycles. The molecular weight excluding hydrogens is 320 g/mol. The second-order valence-electron chi connectivity index (χ2n) is 5.59. The summed E-state index contributed by atoms with van der Waals surface area (Å²) in [6.07, 6.45) is 2.63. The molecule has 128 valence electrons. The minimum absolute atomic E-state index is 0.0279. The molecule has 2 atom stereocenters. The molecule has 0 aliphatic rings. The van der Waals surface area contributed by atoms with Crippen molar-refractivity contribution in [2.75, 3.05) is 6.54 Å². The van der Waals surface area contributed by atoms with E-state index < -0.39 is 0 Å². The van der Waals surface area contributed by atoms with Crippen molar-refractivity contribution in [2.24, 2.45) is 0 Å². The average Bonchev–Trinajstić information content (AvgIpc) is 3.03. The highest BCUT2D eigenvalue weighted by Gasteiger charge is 2.22. The average molecular weight is 344 g/mol. The Hall–Kier alpha value is -2.08. The third-order valence-corrected chi connectivity index (χ3v) is 4.86. The Morgan fingerprint density at radius 2 is 2.04 bits per heavy atom. The molecule has 0 aliphatic carbocycles. The van der Waals surface area contributed by atoms with Gasteiger partial charge in [-0.3, -0.25) is 9.36 Å². The summed E-state index contributed by atoms with van der Waals surface area (Å²) >= 11 is 1.43. The maximum absolute atomic E-state index is 12.1. The number of rotatable bonds is 8. The van der Waals surface area contributed by atoms with Crippen molar-refractivity contribution in [3.8, 4) is 11.4 Å². The highest BCUT2D eigenvalue weighted by atomic mass is 32.2. The molecule has 0 saturated heterocycles. The first-order valence-corrected chi connectivity index (χ1v) is 9.02. The standard InChI is InChI=1S/C18H24N4OS/c1-5-12-19-17(23)14(4)24-18-21-20-16(22(18)13(3)6-2)15-10-8-7-9-11-15/h5,7-11,13-14H,1,6,12H2,2-4H3,(H,19,23)/t13-,14+/m0/s1. The quantitative estimate of drug-likeness (QED) is 0.586.